The van der Waals surface area contributed by atoms with Crippen LogP contribution in [-0.4, -0.2) is 22.9 Å². The quantitative estimate of drug-likeness (QED) is 0.514. The van der Waals surface area contributed by atoms with E-state index < -0.39 is 29.6 Å². The molecule has 0 amide bonds. The van der Waals surface area contributed by atoms with Crippen LogP contribution in [0.5, 0.6) is 5.75 Å². The number of ether oxygens (including phenoxy) is 1. The molecule has 1 N–H and O–H groups in total. The average Bonchev–Trinajstić information content (AvgIpc) is 3.15. The van der Waals surface area contributed by atoms with E-state index in [-0.39, 0.29) is 23.5 Å². The minimum absolute atomic E-state index is 0.0586. The van der Waals surface area contributed by atoms with E-state index in [9.17, 15) is 22.7 Å². The van der Waals surface area contributed by atoms with Gasteiger partial charge in [-0.2, -0.15) is 13.2 Å². The summed E-state index contributed by atoms with van der Waals surface area (Å²) in [7, 11) is 0. The molecule has 0 radical (unpaired) electrons. The molecule has 0 aliphatic heterocycles. The SMILES string of the molecule is OC(COc1ccc(I)cc1F)(c1cncs1)C1(C(F)(F)F)CC1. The van der Waals surface area contributed by atoms with Crippen molar-refractivity contribution in [3.05, 3.63) is 44.2 Å². The number of nitrogens with zero attached hydrogens (tertiary/aromatic N) is 1. The van der Waals surface area contributed by atoms with E-state index in [1.165, 1.54) is 23.8 Å². The molecule has 1 saturated carbocycles. The number of rotatable bonds is 5. The van der Waals surface area contributed by atoms with Gasteiger partial charge in [-0.05, 0) is 53.6 Å². The Bertz CT molecular complexity index is 734. The number of hydrogen-bond acceptors (Lipinski definition) is 4. The topological polar surface area (TPSA) is 42.4 Å². The Kier molecular flexibility index (Phi) is 4.54. The second-order valence-corrected chi connectivity index (χ2v) is 7.80. The molecule has 1 aliphatic rings. The van der Waals surface area contributed by atoms with Crippen LogP contribution in [0.3, 0.4) is 0 Å². The first-order valence-electron chi connectivity index (χ1n) is 6.95. The maximum atomic E-state index is 13.9. The van der Waals surface area contributed by atoms with E-state index >= 15 is 0 Å². The molecule has 1 unspecified atom stereocenters. The first-order chi connectivity index (χ1) is 11.2. The molecule has 1 aromatic heterocycles. The third-order valence-electron chi connectivity index (χ3n) is 4.25. The molecule has 24 heavy (non-hydrogen) atoms. The molecule has 1 fully saturated rings. The van der Waals surface area contributed by atoms with Crippen molar-refractivity contribution in [3.8, 4) is 5.75 Å². The summed E-state index contributed by atoms with van der Waals surface area (Å²) in [4.78, 5) is 3.81. The van der Waals surface area contributed by atoms with Gasteiger partial charge in [-0.25, -0.2) is 4.39 Å². The summed E-state index contributed by atoms with van der Waals surface area (Å²) in [6.45, 7) is -0.702. The Morgan fingerprint density at radius 1 is 1.33 bits per heavy atom. The molecule has 130 valence electrons. The summed E-state index contributed by atoms with van der Waals surface area (Å²) in [6.07, 6.45) is -3.81. The first kappa shape index (κ1) is 17.9. The van der Waals surface area contributed by atoms with Crippen molar-refractivity contribution in [2.24, 2.45) is 5.41 Å². The van der Waals surface area contributed by atoms with Crippen LogP contribution >= 0.6 is 33.9 Å². The number of aromatic nitrogens is 1. The van der Waals surface area contributed by atoms with Crippen LogP contribution in [0.4, 0.5) is 17.6 Å². The van der Waals surface area contributed by atoms with Crippen LogP contribution in [0.25, 0.3) is 0 Å². The first-order valence-corrected chi connectivity index (χ1v) is 8.91. The molecule has 2 aromatic rings. The van der Waals surface area contributed by atoms with Gasteiger partial charge < -0.3 is 9.84 Å². The van der Waals surface area contributed by atoms with Crippen molar-refractivity contribution in [1.82, 2.24) is 4.98 Å². The second-order valence-electron chi connectivity index (χ2n) is 5.67. The van der Waals surface area contributed by atoms with Crippen molar-refractivity contribution in [2.75, 3.05) is 6.61 Å². The molecule has 1 aromatic carbocycles. The lowest BCUT2D eigenvalue weighted by Gasteiger charge is -2.36. The molecule has 0 saturated heterocycles. The fourth-order valence-corrected chi connectivity index (χ4v) is 3.96. The monoisotopic (exact) mass is 473 g/mol. The lowest BCUT2D eigenvalue weighted by atomic mass is 9.83. The molecular weight excluding hydrogens is 461 g/mol. The summed E-state index contributed by atoms with van der Waals surface area (Å²) >= 11 is 2.83. The van der Waals surface area contributed by atoms with Gasteiger partial charge in [0, 0.05) is 9.77 Å². The Balaban J connectivity index is 1.93. The minimum atomic E-state index is -4.60. The van der Waals surface area contributed by atoms with Crippen LogP contribution in [0.1, 0.15) is 17.7 Å². The van der Waals surface area contributed by atoms with Crippen molar-refractivity contribution < 1.29 is 27.4 Å². The van der Waals surface area contributed by atoms with Gasteiger partial charge in [-0.15, -0.1) is 11.3 Å². The highest BCUT2D eigenvalue weighted by Crippen LogP contribution is 2.67. The highest BCUT2D eigenvalue weighted by Gasteiger charge is 2.74. The van der Waals surface area contributed by atoms with Gasteiger partial charge in [0.15, 0.2) is 11.6 Å². The zero-order valence-corrected chi connectivity index (χ0v) is 15.1. The Hall–Kier alpha value is -0.940. The van der Waals surface area contributed by atoms with Gasteiger partial charge >= 0.3 is 6.18 Å². The number of hydrogen-bond donors (Lipinski definition) is 1. The zero-order chi connectivity index (χ0) is 17.6. The Morgan fingerprint density at radius 2 is 2.04 bits per heavy atom. The highest BCUT2D eigenvalue weighted by atomic mass is 127. The summed E-state index contributed by atoms with van der Waals surface area (Å²) in [5.74, 6) is -0.887. The maximum Gasteiger partial charge on any atom is 0.397 e. The summed E-state index contributed by atoms with van der Waals surface area (Å²) in [6, 6.07) is 4.11. The van der Waals surface area contributed by atoms with E-state index in [0.717, 1.165) is 11.3 Å². The van der Waals surface area contributed by atoms with E-state index in [1.807, 2.05) is 22.6 Å². The van der Waals surface area contributed by atoms with E-state index in [1.54, 1.807) is 6.07 Å². The van der Waals surface area contributed by atoms with Gasteiger partial charge in [0.1, 0.15) is 17.6 Å². The third-order valence-corrected chi connectivity index (χ3v) is 5.85. The Labute approximate surface area is 152 Å². The number of halogens is 5. The zero-order valence-electron chi connectivity index (χ0n) is 12.1. The van der Waals surface area contributed by atoms with Crippen molar-refractivity contribution in [1.29, 1.82) is 0 Å². The van der Waals surface area contributed by atoms with E-state index in [4.69, 9.17) is 4.74 Å². The van der Waals surface area contributed by atoms with Crippen LogP contribution in [0.15, 0.2) is 29.9 Å². The van der Waals surface area contributed by atoms with E-state index in [0.29, 0.717) is 3.57 Å². The highest BCUT2D eigenvalue weighted by molar-refractivity contribution is 14.1. The molecule has 1 aliphatic carbocycles. The van der Waals surface area contributed by atoms with E-state index in [2.05, 4.69) is 4.98 Å². The van der Waals surface area contributed by atoms with Crippen molar-refractivity contribution >= 4 is 33.9 Å². The van der Waals surface area contributed by atoms with Crippen LogP contribution in [0.2, 0.25) is 0 Å². The van der Waals surface area contributed by atoms with Gasteiger partial charge in [-0.1, -0.05) is 0 Å². The molecule has 9 heteroatoms. The minimum Gasteiger partial charge on any atom is -0.487 e. The van der Waals surface area contributed by atoms with Crippen molar-refractivity contribution in [2.45, 2.75) is 24.6 Å². The fraction of sp³-hybridized carbons (Fsp3) is 0.400. The molecule has 0 spiro atoms. The fourth-order valence-electron chi connectivity index (χ4n) is 2.70. The number of aliphatic hydroxyl groups is 1. The van der Waals surface area contributed by atoms with Crippen LogP contribution in [-0.2, 0) is 5.60 Å². The number of alkyl halides is 3. The largest absolute Gasteiger partial charge is 0.487 e. The number of thiazole rings is 1. The molecule has 3 nitrogen and oxygen atoms in total. The lowest BCUT2D eigenvalue weighted by molar-refractivity contribution is -0.251. The number of benzene rings is 1. The smallest absolute Gasteiger partial charge is 0.397 e. The molecular formula is C15H12F4INO2S. The maximum absolute atomic E-state index is 13.9. The Morgan fingerprint density at radius 3 is 2.54 bits per heavy atom. The summed E-state index contributed by atoms with van der Waals surface area (Å²) in [5, 5.41) is 10.9. The van der Waals surface area contributed by atoms with Gasteiger partial charge in [0.05, 0.1) is 10.4 Å². The normalized spacial score (nSPS) is 18.9. The third kappa shape index (κ3) is 2.90. The van der Waals surface area contributed by atoms with Crippen molar-refractivity contribution in [3.63, 3.8) is 0 Å². The van der Waals surface area contributed by atoms with Gasteiger partial charge in [-0.3, -0.25) is 4.98 Å². The summed E-state index contributed by atoms with van der Waals surface area (Å²) in [5.41, 5.74) is -3.24. The van der Waals surface area contributed by atoms with Crippen LogP contribution in [0, 0.1) is 14.8 Å². The van der Waals surface area contributed by atoms with Crippen LogP contribution < -0.4 is 4.74 Å². The predicted octanol–water partition coefficient (Wildman–Crippen LogP) is 4.50. The molecule has 3 rings (SSSR count). The molecule has 1 heterocycles. The van der Waals surface area contributed by atoms with Gasteiger partial charge in [0.25, 0.3) is 0 Å². The average molecular weight is 473 g/mol. The standard InChI is InChI=1S/C15H12F4INO2S/c16-10-5-9(20)1-2-11(10)23-7-14(22,12-6-21-8-24-12)13(3-4-13)15(17,18)19/h1-2,5-6,8,22H,3-4,7H2. The summed E-state index contributed by atoms with van der Waals surface area (Å²) < 4.78 is 60.4. The lowest BCUT2D eigenvalue weighted by Crippen LogP contribution is -2.49. The predicted molar refractivity (Wildman–Crippen MR) is 88.3 cm³/mol. The second kappa shape index (κ2) is 6.10. The van der Waals surface area contributed by atoms with Gasteiger partial charge in [0.2, 0.25) is 0 Å². The molecule has 0 bridgehead atoms. The molecule has 1 atom stereocenters.